The number of rotatable bonds is 3. The number of aromatic nitrogens is 2. The van der Waals surface area contributed by atoms with Crippen LogP contribution in [0.3, 0.4) is 0 Å². The largest absolute Gasteiger partial charge is 0.341 e. The molecule has 0 unspecified atom stereocenters. The van der Waals surface area contributed by atoms with Crippen LogP contribution in [0, 0.1) is 5.92 Å². The first-order valence-corrected chi connectivity index (χ1v) is 6.20. The summed E-state index contributed by atoms with van der Waals surface area (Å²) in [5.74, 6) is 0.739. The topological polar surface area (TPSA) is 64.2 Å². The zero-order valence-corrected chi connectivity index (χ0v) is 10.2. The van der Waals surface area contributed by atoms with Gasteiger partial charge in [-0.2, -0.15) is 5.10 Å². The molecule has 0 bridgehead atoms. The van der Waals surface area contributed by atoms with Crippen molar-refractivity contribution in [3.05, 3.63) is 18.5 Å². The number of hydrogen-bond acceptors (Lipinski definition) is 3. The van der Waals surface area contributed by atoms with Crippen LogP contribution in [0.25, 0.3) is 0 Å². The standard InChI is InChI=1S/C12H20N4O/c1-10(16-6-2-5-14-16)12(17)15-7-3-11(9-13)4-8-15/h2,5-6,10-11H,3-4,7-9,13H2,1H3/t10-/m1/s1. The van der Waals surface area contributed by atoms with Crippen molar-refractivity contribution in [3.63, 3.8) is 0 Å². The summed E-state index contributed by atoms with van der Waals surface area (Å²) < 4.78 is 1.71. The fourth-order valence-corrected chi connectivity index (χ4v) is 2.28. The minimum atomic E-state index is -0.209. The summed E-state index contributed by atoms with van der Waals surface area (Å²) in [7, 11) is 0. The second-order valence-electron chi connectivity index (χ2n) is 4.67. The molecule has 17 heavy (non-hydrogen) atoms. The van der Waals surface area contributed by atoms with Gasteiger partial charge in [-0.05, 0) is 38.3 Å². The average Bonchev–Trinajstić information content (AvgIpc) is 2.91. The van der Waals surface area contributed by atoms with E-state index in [0.29, 0.717) is 5.92 Å². The molecule has 2 N–H and O–H groups in total. The first-order chi connectivity index (χ1) is 8.22. The summed E-state index contributed by atoms with van der Waals surface area (Å²) >= 11 is 0. The van der Waals surface area contributed by atoms with Gasteiger partial charge in [-0.1, -0.05) is 0 Å². The first-order valence-electron chi connectivity index (χ1n) is 6.20. The van der Waals surface area contributed by atoms with Gasteiger partial charge in [0.05, 0.1) is 0 Å². The van der Waals surface area contributed by atoms with E-state index in [1.807, 2.05) is 24.1 Å². The van der Waals surface area contributed by atoms with Crippen LogP contribution in [0.4, 0.5) is 0 Å². The van der Waals surface area contributed by atoms with Crippen molar-refractivity contribution in [2.75, 3.05) is 19.6 Å². The predicted octanol–water partition coefficient (Wildman–Crippen LogP) is 0.641. The lowest BCUT2D eigenvalue weighted by molar-refractivity contribution is -0.135. The van der Waals surface area contributed by atoms with Crippen molar-refractivity contribution in [1.29, 1.82) is 0 Å². The molecule has 1 aromatic heterocycles. The van der Waals surface area contributed by atoms with Gasteiger partial charge < -0.3 is 10.6 Å². The maximum atomic E-state index is 12.2. The van der Waals surface area contributed by atoms with Crippen LogP contribution in [0.2, 0.25) is 0 Å². The SMILES string of the molecule is C[C@H](C(=O)N1CCC(CN)CC1)n1cccn1. The monoisotopic (exact) mass is 236 g/mol. The molecular weight excluding hydrogens is 216 g/mol. The molecule has 94 valence electrons. The Labute approximate surface area is 102 Å². The van der Waals surface area contributed by atoms with Crippen LogP contribution in [0.1, 0.15) is 25.8 Å². The van der Waals surface area contributed by atoms with Crippen molar-refractivity contribution in [1.82, 2.24) is 14.7 Å². The van der Waals surface area contributed by atoms with Gasteiger partial charge in [0.25, 0.3) is 0 Å². The summed E-state index contributed by atoms with van der Waals surface area (Å²) in [4.78, 5) is 14.2. The van der Waals surface area contributed by atoms with Crippen LogP contribution < -0.4 is 5.73 Å². The highest BCUT2D eigenvalue weighted by atomic mass is 16.2. The molecule has 1 aliphatic heterocycles. The third kappa shape index (κ3) is 2.66. The van der Waals surface area contributed by atoms with Crippen LogP contribution in [0.15, 0.2) is 18.5 Å². The Bertz CT molecular complexity index is 355. The number of amides is 1. The van der Waals surface area contributed by atoms with E-state index in [1.54, 1.807) is 10.9 Å². The Hall–Kier alpha value is -1.36. The van der Waals surface area contributed by atoms with Gasteiger partial charge in [-0.15, -0.1) is 0 Å². The molecule has 0 radical (unpaired) electrons. The van der Waals surface area contributed by atoms with Crippen molar-refractivity contribution in [3.8, 4) is 0 Å². The van der Waals surface area contributed by atoms with E-state index in [0.717, 1.165) is 32.5 Å². The zero-order valence-electron chi connectivity index (χ0n) is 10.2. The van der Waals surface area contributed by atoms with Crippen LogP contribution >= 0.6 is 0 Å². The maximum absolute atomic E-state index is 12.2. The summed E-state index contributed by atoms with van der Waals surface area (Å²) in [5, 5.41) is 4.11. The molecule has 5 heteroatoms. The van der Waals surface area contributed by atoms with Crippen LogP contribution in [0.5, 0.6) is 0 Å². The fraction of sp³-hybridized carbons (Fsp3) is 0.667. The summed E-state index contributed by atoms with van der Waals surface area (Å²) in [6.07, 6.45) is 5.57. The van der Waals surface area contributed by atoms with E-state index in [-0.39, 0.29) is 11.9 Å². The Balaban J connectivity index is 1.93. The molecular formula is C12H20N4O. The van der Waals surface area contributed by atoms with E-state index in [2.05, 4.69) is 5.10 Å². The number of nitrogens with two attached hydrogens (primary N) is 1. The molecule has 1 amide bonds. The lowest BCUT2D eigenvalue weighted by Gasteiger charge is -2.33. The molecule has 1 aliphatic rings. The van der Waals surface area contributed by atoms with E-state index in [1.165, 1.54) is 0 Å². The van der Waals surface area contributed by atoms with Gasteiger partial charge >= 0.3 is 0 Å². The van der Waals surface area contributed by atoms with Crippen molar-refractivity contribution in [2.24, 2.45) is 11.7 Å². The summed E-state index contributed by atoms with van der Waals surface area (Å²) in [6.45, 7) is 4.28. The number of carbonyl (C=O) groups is 1. The Kier molecular flexibility index (Phi) is 3.78. The third-order valence-corrected chi connectivity index (χ3v) is 3.54. The first kappa shape index (κ1) is 12.1. The predicted molar refractivity (Wildman–Crippen MR) is 65.3 cm³/mol. The molecule has 1 atom stereocenters. The molecule has 5 nitrogen and oxygen atoms in total. The van der Waals surface area contributed by atoms with Crippen molar-refractivity contribution < 1.29 is 4.79 Å². The Morgan fingerprint density at radius 3 is 2.76 bits per heavy atom. The highest BCUT2D eigenvalue weighted by Crippen LogP contribution is 2.18. The van der Waals surface area contributed by atoms with Gasteiger partial charge in [0, 0.05) is 25.5 Å². The highest BCUT2D eigenvalue weighted by molar-refractivity contribution is 5.80. The number of piperidine rings is 1. The van der Waals surface area contributed by atoms with E-state index < -0.39 is 0 Å². The smallest absolute Gasteiger partial charge is 0.247 e. The molecule has 0 aliphatic carbocycles. The van der Waals surface area contributed by atoms with E-state index in [9.17, 15) is 4.79 Å². The number of carbonyl (C=O) groups excluding carboxylic acids is 1. The number of likely N-dealkylation sites (tertiary alicyclic amines) is 1. The van der Waals surface area contributed by atoms with E-state index in [4.69, 9.17) is 5.73 Å². The fourth-order valence-electron chi connectivity index (χ4n) is 2.28. The summed E-state index contributed by atoms with van der Waals surface area (Å²) in [6, 6.07) is 1.63. The average molecular weight is 236 g/mol. The van der Waals surface area contributed by atoms with Gasteiger partial charge in [-0.25, -0.2) is 0 Å². The third-order valence-electron chi connectivity index (χ3n) is 3.54. The lowest BCUT2D eigenvalue weighted by Crippen LogP contribution is -2.43. The van der Waals surface area contributed by atoms with Gasteiger partial charge in [0.15, 0.2) is 0 Å². The molecule has 1 saturated heterocycles. The normalized spacial score (nSPS) is 19.3. The minimum absolute atomic E-state index is 0.157. The van der Waals surface area contributed by atoms with Gasteiger partial charge in [0.2, 0.25) is 5.91 Å². The second kappa shape index (κ2) is 5.31. The number of hydrogen-bond donors (Lipinski definition) is 1. The molecule has 2 heterocycles. The maximum Gasteiger partial charge on any atom is 0.247 e. The molecule has 2 rings (SSSR count). The second-order valence-corrected chi connectivity index (χ2v) is 4.67. The van der Waals surface area contributed by atoms with Gasteiger partial charge in [0.1, 0.15) is 6.04 Å². The van der Waals surface area contributed by atoms with Gasteiger partial charge in [-0.3, -0.25) is 9.48 Å². The molecule has 0 saturated carbocycles. The quantitative estimate of drug-likeness (QED) is 0.837. The molecule has 0 spiro atoms. The Morgan fingerprint density at radius 1 is 1.53 bits per heavy atom. The van der Waals surface area contributed by atoms with E-state index >= 15 is 0 Å². The van der Waals surface area contributed by atoms with Crippen molar-refractivity contribution >= 4 is 5.91 Å². The lowest BCUT2D eigenvalue weighted by atomic mass is 9.97. The highest BCUT2D eigenvalue weighted by Gasteiger charge is 2.26. The summed E-state index contributed by atoms with van der Waals surface area (Å²) in [5.41, 5.74) is 5.64. The molecule has 1 aromatic rings. The molecule has 1 fully saturated rings. The zero-order chi connectivity index (χ0) is 12.3. The number of nitrogens with zero attached hydrogens (tertiary/aromatic N) is 3. The minimum Gasteiger partial charge on any atom is -0.341 e. The Morgan fingerprint density at radius 2 is 2.24 bits per heavy atom. The van der Waals surface area contributed by atoms with Crippen molar-refractivity contribution in [2.45, 2.75) is 25.8 Å². The van der Waals surface area contributed by atoms with Crippen LogP contribution in [-0.2, 0) is 4.79 Å². The molecule has 0 aromatic carbocycles. The van der Waals surface area contributed by atoms with Crippen LogP contribution in [-0.4, -0.2) is 40.2 Å².